The normalized spacial score (nSPS) is 12.3. The molecule has 0 aliphatic rings. The average Bonchev–Trinajstić information content (AvgIpc) is 2.93. The second kappa shape index (κ2) is 30.4. The summed E-state index contributed by atoms with van der Waals surface area (Å²) >= 11 is 0. The van der Waals surface area contributed by atoms with E-state index in [-0.39, 0.29) is 17.9 Å². The predicted octanol–water partition coefficient (Wildman–Crippen LogP) is 11.8. The van der Waals surface area contributed by atoms with Crippen molar-refractivity contribution in [2.75, 3.05) is 13.2 Å². The zero-order valence-corrected chi connectivity index (χ0v) is 28.5. The smallest absolute Gasteiger partial charge is 0.308 e. The van der Waals surface area contributed by atoms with Crippen molar-refractivity contribution in [1.82, 2.24) is 0 Å². The fourth-order valence-electron chi connectivity index (χ4n) is 5.37. The van der Waals surface area contributed by atoms with Crippen LogP contribution in [0.3, 0.4) is 0 Å². The summed E-state index contributed by atoms with van der Waals surface area (Å²) in [5.74, 6) is 1.59. The molecule has 1 atom stereocenters. The number of unbranched alkanes of at least 4 members (excludes halogenated alkanes) is 18. The molecule has 0 radical (unpaired) electrons. The lowest BCUT2D eigenvalue weighted by Crippen LogP contribution is -2.15. The first-order valence-electron chi connectivity index (χ1n) is 18.1. The third-order valence-electron chi connectivity index (χ3n) is 8.28. The molecule has 0 fully saturated rings. The van der Waals surface area contributed by atoms with Crippen LogP contribution in [-0.4, -0.2) is 25.2 Å². The Labute approximate surface area is 256 Å². The summed E-state index contributed by atoms with van der Waals surface area (Å²) in [7, 11) is 0. The van der Waals surface area contributed by atoms with Gasteiger partial charge in [-0.1, -0.05) is 163 Å². The highest BCUT2D eigenvalue weighted by atomic mass is 16.5. The van der Waals surface area contributed by atoms with E-state index >= 15 is 0 Å². The summed E-state index contributed by atoms with van der Waals surface area (Å²) in [5.41, 5.74) is 0. The minimum Gasteiger partial charge on any atom is -0.466 e. The maximum Gasteiger partial charge on any atom is 0.308 e. The van der Waals surface area contributed by atoms with Crippen molar-refractivity contribution in [3.8, 4) is 0 Å². The first-order valence-corrected chi connectivity index (χ1v) is 18.1. The zero-order chi connectivity index (χ0) is 30.4. The second-order valence-electron chi connectivity index (χ2n) is 13.6. The summed E-state index contributed by atoms with van der Waals surface area (Å²) in [6, 6.07) is 0. The van der Waals surface area contributed by atoms with Crippen molar-refractivity contribution >= 4 is 11.9 Å². The molecule has 0 amide bonds. The third kappa shape index (κ3) is 31.7. The molecule has 4 heteroatoms. The van der Waals surface area contributed by atoms with Crippen LogP contribution in [0.4, 0.5) is 0 Å². The number of ether oxygens (including phenoxy) is 2. The van der Waals surface area contributed by atoms with Gasteiger partial charge in [0.15, 0.2) is 0 Å². The molecule has 0 rings (SSSR count). The summed E-state index contributed by atoms with van der Waals surface area (Å²) in [6.45, 7) is 12.3. The van der Waals surface area contributed by atoms with Gasteiger partial charge >= 0.3 is 11.9 Å². The van der Waals surface area contributed by atoms with Gasteiger partial charge in [-0.25, -0.2) is 0 Å². The Hall–Kier alpha value is -1.06. The van der Waals surface area contributed by atoms with Crippen molar-refractivity contribution in [1.29, 1.82) is 0 Å². The van der Waals surface area contributed by atoms with Crippen LogP contribution in [0.1, 0.15) is 195 Å². The Morgan fingerprint density at radius 3 is 1.20 bits per heavy atom. The van der Waals surface area contributed by atoms with E-state index in [1.54, 1.807) is 0 Å². The van der Waals surface area contributed by atoms with Gasteiger partial charge in [-0.05, 0) is 37.5 Å². The molecular weight excluding hydrogens is 508 g/mol. The molecule has 0 saturated heterocycles. The minimum atomic E-state index is -0.000999. The van der Waals surface area contributed by atoms with E-state index in [1.165, 1.54) is 116 Å². The molecule has 0 bridgehead atoms. The molecule has 0 aromatic heterocycles. The fourth-order valence-corrected chi connectivity index (χ4v) is 5.37. The Balaban J connectivity index is 3.29. The van der Waals surface area contributed by atoms with Crippen molar-refractivity contribution in [3.63, 3.8) is 0 Å². The van der Waals surface area contributed by atoms with Gasteiger partial charge < -0.3 is 9.47 Å². The van der Waals surface area contributed by atoms with Crippen molar-refractivity contribution in [2.24, 2.45) is 17.8 Å². The largest absolute Gasteiger partial charge is 0.466 e. The lowest BCUT2D eigenvalue weighted by atomic mass is 10.0. The van der Waals surface area contributed by atoms with E-state index in [1.807, 2.05) is 6.92 Å². The Bertz CT molecular complexity index is 571. The van der Waals surface area contributed by atoms with E-state index in [4.69, 9.17) is 9.47 Å². The summed E-state index contributed by atoms with van der Waals surface area (Å²) in [5, 5.41) is 0. The standard InChI is InChI=1S/C37H72O4/c1-33(2)27-21-19-25-31-40-36(38)30-24-18-16-14-12-10-8-6-7-9-11-13-15-17-23-29-35(5)37(39)41-32-26-20-22-28-34(3)4/h33-35H,6-32H2,1-5H3. The Kier molecular flexibility index (Phi) is 29.6. The molecule has 0 N–H and O–H groups in total. The first-order chi connectivity index (χ1) is 19.8. The summed E-state index contributed by atoms with van der Waals surface area (Å²) < 4.78 is 10.8. The van der Waals surface area contributed by atoms with Crippen molar-refractivity contribution in [3.05, 3.63) is 0 Å². The van der Waals surface area contributed by atoms with Crippen molar-refractivity contribution < 1.29 is 19.1 Å². The van der Waals surface area contributed by atoms with Crippen LogP contribution in [0.25, 0.3) is 0 Å². The van der Waals surface area contributed by atoms with Crippen LogP contribution in [0.5, 0.6) is 0 Å². The van der Waals surface area contributed by atoms with Gasteiger partial charge in [-0.15, -0.1) is 0 Å². The Morgan fingerprint density at radius 2 is 0.756 bits per heavy atom. The van der Waals surface area contributed by atoms with Gasteiger partial charge in [0.1, 0.15) is 0 Å². The number of hydrogen-bond donors (Lipinski definition) is 0. The van der Waals surface area contributed by atoms with Crippen LogP contribution in [0.2, 0.25) is 0 Å². The lowest BCUT2D eigenvalue weighted by Gasteiger charge is -2.11. The van der Waals surface area contributed by atoms with Gasteiger partial charge in [-0.2, -0.15) is 0 Å². The summed E-state index contributed by atoms with van der Waals surface area (Å²) in [6.07, 6.45) is 30.2. The number of carbonyl (C=O) groups excluding carboxylic acids is 2. The first kappa shape index (κ1) is 39.9. The van der Waals surface area contributed by atoms with Gasteiger partial charge in [-0.3, -0.25) is 9.59 Å². The summed E-state index contributed by atoms with van der Waals surface area (Å²) in [4.78, 5) is 23.9. The van der Waals surface area contributed by atoms with Gasteiger partial charge in [0.2, 0.25) is 0 Å². The molecule has 244 valence electrons. The molecule has 1 unspecified atom stereocenters. The van der Waals surface area contributed by atoms with Crippen LogP contribution in [-0.2, 0) is 19.1 Å². The van der Waals surface area contributed by atoms with Crippen molar-refractivity contribution in [2.45, 2.75) is 195 Å². The van der Waals surface area contributed by atoms with Crippen LogP contribution in [0, 0.1) is 17.8 Å². The fraction of sp³-hybridized carbons (Fsp3) is 0.946. The molecule has 0 saturated carbocycles. The van der Waals surface area contributed by atoms with E-state index < -0.39 is 0 Å². The van der Waals surface area contributed by atoms with Crippen LogP contribution < -0.4 is 0 Å². The molecule has 0 spiro atoms. The molecule has 0 aromatic carbocycles. The Morgan fingerprint density at radius 1 is 0.415 bits per heavy atom. The van der Waals surface area contributed by atoms with Crippen LogP contribution in [0.15, 0.2) is 0 Å². The number of hydrogen-bond acceptors (Lipinski definition) is 4. The number of carbonyl (C=O) groups is 2. The molecule has 0 aliphatic carbocycles. The second-order valence-corrected chi connectivity index (χ2v) is 13.6. The molecule has 0 aliphatic heterocycles. The van der Waals surface area contributed by atoms with E-state index in [2.05, 4.69) is 27.7 Å². The molecule has 0 aromatic rings. The van der Waals surface area contributed by atoms with Gasteiger partial charge in [0.25, 0.3) is 0 Å². The van der Waals surface area contributed by atoms with Crippen LogP contribution >= 0.6 is 0 Å². The lowest BCUT2D eigenvalue weighted by molar-refractivity contribution is -0.148. The number of rotatable bonds is 31. The van der Waals surface area contributed by atoms with E-state index in [9.17, 15) is 9.59 Å². The predicted molar refractivity (Wildman–Crippen MR) is 176 cm³/mol. The SMILES string of the molecule is CC(C)CCCCCOC(=O)CCCCCCCCCCCCCCCCCC(C)C(=O)OCCCCCC(C)C. The van der Waals surface area contributed by atoms with E-state index in [0.29, 0.717) is 19.6 Å². The number of esters is 2. The highest BCUT2D eigenvalue weighted by Crippen LogP contribution is 2.16. The third-order valence-corrected chi connectivity index (χ3v) is 8.28. The maximum atomic E-state index is 12.1. The zero-order valence-electron chi connectivity index (χ0n) is 28.5. The molecule has 41 heavy (non-hydrogen) atoms. The molecule has 0 heterocycles. The van der Waals surface area contributed by atoms with Gasteiger partial charge in [0, 0.05) is 6.42 Å². The average molecular weight is 581 g/mol. The monoisotopic (exact) mass is 581 g/mol. The minimum absolute atomic E-state index is 0.000999. The van der Waals surface area contributed by atoms with E-state index in [0.717, 1.165) is 50.4 Å². The van der Waals surface area contributed by atoms with Gasteiger partial charge in [0.05, 0.1) is 19.1 Å². The highest BCUT2D eigenvalue weighted by molar-refractivity contribution is 5.71. The topological polar surface area (TPSA) is 52.6 Å². The quantitative estimate of drug-likeness (QED) is 0.0604. The maximum absolute atomic E-state index is 12.1. The molecule has 4 nitrogen and oxygen atoms in total. The molecular formula is C37H72O4. The highest BCUT2D eigenvalue weighted by Gasteiger charge is 2.13.